The van der Waals surface area contributed by atoms with Gasteiger partial charge in [0.15, 0.2) is 0 Å². The number of nitrogens with zero attached hydrogens (tertiary/aromatic N) is 3. The first-order valence-corrected chi connectivity index (χ1v) is 8.13. The number of rotatable bonds is 8. The van der Waals surface area contributed by atoms with Gasteiger partial charge in [-0.3, -0.25) is 0 Å². The van der Waals surface area contributed by atoms with Crippen molar-refractivity contribution in [3.8, 4) is 5.75 Å². The Morgan fingerprint density at radius 3 is 2.39 bits per heavy atom. The minimum absolute atomic E-state index is 0.695. The van der Waals surface area contributed by atoms with Gasteiger partial charge in [-0.05, 0) is 44.9 Å². The van der Waals surface area contributed by atoms with Crippen molar-refractivity contribution >= 4 is 11.8 Å². The van der Waals surface area contributed by atoms with Gasteiger partial charge in [0.25, 0.3) is 0 Å². The summed E-state index contributed by atoms with van der Waals surface area (Å²) in [5, 5.41) is 3.33. The van der Waals surface area contributed by atoms with Crippen LogP contribution < -0.4 is 15.0 Å². The van der Waals surface area contributed by atoms with E-state index in [0.29, 0.717) is 5.95 Å². The van der Waals surface area contributed by atoms with Crippen LogP contribution in [0.15, 0.2) is 30.3 Å². The van der Waals surface area contributed by atoms with E-state index < -0.39 is 0 Å². The van der Waals surface area contributed by atoms with Gasteiger partial charge in [0.1, 0.15) is 11.6 Å². The average Bonchev–Trinajstić information content (AvgIpc) is 2.56. The number of methoxy groups -OCH3 is 1. The average molecular weight is 314 g/mol. The third kappa shape index (κ3) is 4.84. The van der Waals surface area contributed by atoms with E-state index in [2.05, 4.69) is 46.2 Å². The number of hydrogen-bond acceptors (Lipinski definition) is 5. The Labute approximate surface area is 138 Å². The van der Waals surface area contributed by atoms with Gasteiger partial charge in [-0.25, -0.2) is 4.98 Å². The molecular weight excluding hydrogens is 288 g/mol. The van der Waals surface area contributed by atoms with E-state index in [0.717, 1.165) is 43.3 Å². The second-order valence-electron chi connectivity index (χ2n) is 5.39. The Hall–Kier alpha value is -2.30. The molecular formula is C18H26N4O. The molecule has 0 amide bonds. The molecule has 0 atom stereocenters. The zero-order chi connectivity index (χ0) is 16.7. The van der Waals surface area contributed by atoms with Crippen LogP contribution in [0, 0.1) is 6.92 Å². The summed E-state index contributed by atoms with van der Waals surface area (Å²) in [6.07, 6.45) is 0.919. The monoisotopic (exact) mass is 314 g/mol. The second kappa shape index (κ2) is 8.36. The fourth-order valence-corrected chi connectivity index (χ4v) is 2.45. The molecule has 2 aromatic rings. The van der Waals surface area contributed by atoms with Crippen LogP contribution in [-0.4, -0.2) is 36.7 Å². The highest BCUT2D eigenvalue weighted by Crippen LogP contribution is 2.15. The zero-order valence-electron chi connectivity index (χ0n) is 14.5. The summed E-state index contributed by atoms with van der Waals surface area (Å²) in [4.78, 5) is 11.3. The summed E-state index contributed by atoms with van der Waals surface area (Å²) in [5.41, 5.74) is 2.24. The molecule has 1 heterocycles. The van der Waals surface area contributed by atoms with Crippen LogP contribution in [0.2, 0.25) is 0 Å². The van der Waals surface area contributed by atoms with E-state index in [1.165, 1.54) is 5.56 Å². The number of nitrogens with one attached hydrogen (secondary N) is 1. The van der Waals surface area contributed by atoms with E-state index in [-0.39, 0.29) is 0 Å². The maximum atomic E-state index is 5.17. The maximum absolute atomic E-state index is 5.17. The molecule has 1 N–H and O–H groups in total. The lowest BCUT2D eigenvalue weighted by molar-refractivity contribution is 0.414. The molecule has 23 heavy (non-hydrogen) atoms. The van der Waals surface area contributed by atoms with Crippen LogP contribution in [0.3, 0.4) is 0 Å². The molecule has 0 fully saturated rings. The van der Waals surface area contributed by atoms with Crippen LogP contribution in [0.4, 0.5) is 11.8 Å². The topological polar surface area (TPSA) is 50.3 Å². The Morgan fingerprint density at radius 2 is 1.78 bits per heavy atom. The molecule has 2 rings (SSSR count). The lowest BCUT2D eigenvalue weighted by atomic mass is 10.1. The number of hydrogen-bond donors (Lipinski definition) is 1. The molecule has 0 unspecified atom stereocenters. The Morgan fingerprint density at radius 1 is 1.09 bits per heavy atom. The van der Waals surface area contributed by atoms with E-state index >= 15 is 0 Å². The highest BCUT2D eigenvalue weighted by Gasteiger charge is 2.07. The van der Waals surface area contributed by atoms with Gasteiger partial charge >= 0.3 is 0 Å². The molecule has 0 radical (unpaired) electrons. The van der Waals surface area contributed by atoms with E-state index in [9.17, 15) is 0 Å². The van der Waals surface area contributed by atoms with Crippen molar-refractivity contribution in [1.29, 1.82) is 0 Å². The minimum Gasteiger partial charge on any atom is -0.497 e. The number of anilines is 2. The quantitative estimate of drug-likeness (QED) is 0.810. The lowest BCUT2D eigenvalue weighted by Gasteiger charge is -2.20. The summed E-state index contributed by atoms with van der Waals surface area (Å²) in [7, 11) is 1.68. The molecule has 0 saturated heterocycles. The summed E-state index contributed by atoms with van der Waals surface area (Å²) >= 11 is 0. The predicted octanol–water partition coefficient (Wildman–Crippen LogP) is 3.29. The van der Waals surface area contributed by atoms with E-state index in [4.69, 9.17) is 4.74 Å². The molecule has 0 spiro atoms. The molecule has 0 aliphatic heterocycles. The van der Waals surface area contributed by atoms with Crippen molar-refractivity contribution in [2.45, 2.75) is 27.2 Å². The highest BCUT2D eigenvalue weighted by atomic mass is 16.5. The highest BCUT2D eigenvalue weighted by molar-refractivity contribution is 5.44. The van der Waals surface area contributed by atoms with E-state index in [1.807, 2.05) is 25.1 Å². The van der Waals surface area contributed by atoms with Gasteiger partial charge in [0, 0.05) is 31.4 Å². The molecule has 5 nitrogen and oxygen atoms in total. The maximum Gasteiger partial charge on any atom is 0.224 e. The Balaban J connectivity index is 1.96. The largest absolute Gasteiger partial charge is 0.497 e. The van der Waals surface area contributed by atoms with Crippen molar-refractivity contribution in [1.82, 2.24) is 9.97 Å². The van der Waals surface area contributed by atoms with Gasteiger partial charge in [-0.1, -0.05) is 12.1 Å². The van der Waals surface area contributed by atoms with E-state index in [1.54, 1.807) is 7.11 Å². The third-order valence-electron chi connectivity index (χ3n) is 3.78. The van der Waals surface area contributed by atoms with Crippen molar-refractivity contribution in [2.75, 3.05) is 37.0 Å². The van der Waals surface area contributed by atoms with Gasteiger partial charge in [-0.2, -0.15) is 4.98 Å². The first kappa shape index (κ1) is 17.1. The first-order valence-electron chi connectivity index (χ1n) is 8.13. The van der Waals surface area contributed by atoms with Gasteiger partial charge in [-0.15, -0.1) is 0 Å². The van der Waals surface area contributed by atoms with Crippen molar-refractivity contribution < 1.29 is 4.74 Å². The van der Waals surface area contributed by atoms with Crippen LogP contribution in [0.1, 0.15) is 25.1 Å². The molecule has 0 saturated carbocycles. The predicted molar refractivity (Wildman–Crippen MR) is 95.5 cm³/mol. The molecule has 5 heteroatoms. The molecule has 0 aliphatic rings. The fraction of sp³-hybridized carbons (Fsp3) is 0.444. The van der Waals surface area contributed by atoms with Crippen LogP contribution in [-0.2, 0) is 6.42 Å². The van der Waals surface area contributed by atoms with Crippen molar-refractivity contribution in [2.24, 2.45) is 0 Å². The summed E-state index contributed by atoms with van der Waals surface area (Å²) in [5.74, 6) is 2.56. The van der Waals surface area contributed by atoms with Gasteiger partial charge in [0.05, 0.1) is 7.11 Å². The summed E-state index contributed by atoms with van der Waals surface area (Å²) < 4.78 is 5.17. The zero-order valence-corrected chi connectivity index (χ0v) is 14.5. The number of aryl methyl sites for hydroxylation is 1. The van der Waals surface area contributed by atoms with Gasteiger partial charge < -0.3 is 15.0 Å². The van der Waals surface area contributed by atoms with Crippen LogP contribution in [0.5, 0.6) is 5.75 Å². The number of ether oxygens (including phenoxy) is 1. The number of aromatic nitrogens is 2. The standard InChI is InChI=1S/C18H26N4O/c1-5-22(6-2)17-13-14(3)20-18(21-17)19-12-11-15-7-9-16(23-4)10-8-15/h7-10,13H,5-6,11-12H2,1-4H3,(H,19,20,21). The Kier molecular flexibility index (Phi) is 6.20. The van der Waals surface area contributed by atoms with Crippen LogP contribution >= 0.6 is 0 Å². The van der Waals surface area contributed by atoms with Crippen molar-refractivity contribution in [3.63, 3.8) is 0 Å². The van der Waals surface area contributed by atoms with Crippen molar-refractivity contribution in [3.05, 3.63) is 41.6 Å². The molecule has 0 aliphatic carbocycles. The smallest absolute Gasteiger partial charge is 0.224 e. The molecule has 124 valence electrons. The SMILES string of the molecule is CCN(CC)c1cc(C)nc(NCCc2ccc(OC)cc2)n1. The summed E-state index contributed by atoms with van der Waals surface area (Å²) in [6, 6.07) is 10.2. The molecule has 1 aromatic heterocycles. The minimum atomic E-state index is 0.695. The normalized spacial score (nSPS) is 10.4. The Bertz CT molecular complexity index is 609. The number of benzene rings is 1. The second-order valence-corrected chi connectivity index (χ2v) is 5.39. The summed E-state index contributed by atoms with van der Waals surface area (Å²) in [6.45, 7) is 8.96. The molecule has 0 bridgehead atoms. The lowest BCUT2D eigenvalue weighted by Crippen LogP contribution is -2.24. The van der Waals surface area contributed by atoms with Crippen LogP contribution in [0.25, 0.3) is 0 Å². The molecule has 1 aromatic carbocycles. The third-order valence-corrected chi connectivity index (χ3v) is 3.78. The first-order chi connectivity index (χ1) is 11.2. The van der Waals surface area contributed by atoms with Gasteiger partial charge in [0.2, 0.25) is 5.95 Å². The fourth-order valence-electron chi connectivity index (χ4n) is 2.45.